The van der Waals surface area contributed by atoms with Crippen LogP contribution in [0.3, 0.4) is 0 Å². The number of anilines is 1. The standard InChI is InChI=1S/C24H26N6O4/c1-13-11-29(12-26-22(32)16-7-17(31)8-16)24(34)21-9-20(28-30(13)21)18-5-2-14(10-25)6-19(18)27-23(33)15-3-4-15/h2,5-6,9,13,15-17,31H,3-4,7-8,11-12H2,1H3,(H,26,32)(H,27,33)/t13-,16?,17?/m0/s1. The van der Waals surface area contributed by atoms with E-state index in [1.54, 1.807) is 33.8 Å². The number of benzene rings is 1. The number of nitrogens with one attached hydrogen (secondary N) is 2. The molecule has 1 atom stereocenters. The highest BCUT2D eigenvalue weighted by Gasteiger charge is 2.35. The Morgan fingerprint density at radius 1 is 1.21 bits per heavy atom. The van der Waals surface area contributed by atoms with Crippen molar-refractivity contribution in [2.45, 2.75) is 44.8 Å². The Bertz CT molecular complexity index is 1200. The quantitative estimate of drug-likeness (QED) is 0.596. The van der Waals surface area contributed by atoms with Crippen molar-refractivity contribution in [2.75, 3.05) is 18.5 Å². The number of carbonyl (C=O) groups excluding carboxylic acids is 3. The molecule has 2 fully saturated rings. The van der Waals surface area contributed by atoms with Gasteiger partial charge in [0.2, 0.25) is 11.8 Å². The van der Waals surface area contributed by atoms with Gasteiger partial charge in [-0.3, -0.25) is 19.1 Å². The van der Waals surface area contributed by atoms with Gasteiger partial charge in [-0.05, 0) is 56.9 Å². The van der Waals surface area contributed by atoms with Crippen LogP contribution in [0.4, 0.5) is 5.69 Å². The summed E-state index contributed by atoms with van der Waals surface area (Å²) in [5, 5.41) is 29.1. The summed E-state index contributed by atoms with van der Waals surface area (Å²) in [5.41, 5.74) is 2.48. The Labute approximate surface area is 196 Å². The molecule has 5 rings (SSSR count). The van der Waals surface area contributed by atoms with Crippen LogP contribution in [-0.4, -0.2) is 56.8 Å². The molecular weight excluding hydrogens is 436 g/mol. The van der Waals surface area contributed by atoms with E-state index in [0.717, 1.165) is 12.8 Å². The largest absolute Gasteiger partial charge is 0.393 e. The fourth-order valence-corrected chi connectivity index (χ4v) is 4.44. The molecule has 1 aromatic heterocycles. The molecule has 0 bridgehead atoms. The smallest absolute Gasteiger partial charge is 0.273 e. The van der Waals surface area contributed by atoms with Crippen molar-refractivity contribution in [3.63, 3.8) is 0 Å². The van der Waals surface area contributed by atoms with Crippen LogP contribution in [0, 0.1) is 23.2 Å². The molecule has 0 spiro atoms. The van der Waals surface area contributed by atoms with Gasteiger partial charge in [-0.25, -0.2) is 0 Å². The van der Waals surface area contributed by atoms with Crippen LogP contribution in [0.5, 0.6) is 0 Å². The molecule has 3 amide bonds. The van der Waals surface area contributed by atoms with Crippen molar-refractivity contribution < 1.29 is 19.5 Å². The molecule has 3 N–H and O–H groups in total. The summed E-state index contributed by atoms with van der Waals surface area (Å²) >= 11 is 0. The zero-order chi connectivity index (χ0) is 24.0. The van der Waals surface area contributed by atoms with Crippen molar-refractivity contribution in [1.29, 1.82) is 5.26 Å². The van der Waals surface area contributed by atoms with Gasteiger partial charge in [-0.2, -0.15) is 10.4 Å². The molecule has 176 valence electrons. The van der Waals surface area contributed by atoms with Crippen molar-refractivity contribution in [1.82, 2.24) is 20.0 Å². The van der Waals surface area contributed by atoms with Crippen molar-refractivity contribution in [3.8, 4) is 17.3 Å². The van der Waals surface area contributed by atoms with E-state index in [-0.39, 0.29) is 42.3 Å². The first kappa shape index (κ1) is 22.1. The number of fused-ring (bicyclic) bond motifs is 1. The molecule has 10 nitrogen and oxygen atoms in total. The lowest BCUT2D eigenvalue weighted by atomic mass is 9.82. The number of rotatable bonds is 6. The van der Waals surface area contributed by atoms with E-state index in [9.17, 15) is 24.8 Å². The van der Waals surface area contributed by atoms with Crippen LogP contribution >= 0.6 is 0 Å². The summed E-state index contributed by atoms with van der Waals surface area (Å²) in [4.78, 5) is 39.3. The molecule has 10 heteroatoms. The Hall–Kier alpha value is -3.71. The topological polar surface area (TPSA) is 140 Å². The van der Waals surface area contributed by atoms with E-state index in [1.165, 1.54) is 0 Å². The third kappa shape index (κ3) is 4.15. The van der Waals surface area contributed by atoms with Gasteiger partial charge in [-0.1, -0.05) is 0 Å². The van der Waals surface area contributed by atoms with Gasteiger partial charge < -0.3 is 20.6 Å². The molecule has 1 aromatic carbocycles. The fraction of sp³-hybridized carbons (Fsp3) is 0.458. The molecular formula is C24H26N6O4. The summed E-state index contributed by atoms with van der Waals surface area (Å²) in [5.74, 6) is -0.680. The number of nitrogens with zero attached hydrogens (tertiary/aromatic N) is 4. The molecule has 0 saturated heterocycles. The average molecular weight is 463 g/mol. The summed E-state index contributed by atoms with van der Waals surface area (Å²) in [6.45, 7) is 2.42. The zero-order valence-corrected chi connectivity index (χ0v) is 18.8. The monoisotopic (exact) mass is 462 g/mol. The molecule has 2 heterocycles. The molecule has 0 radical (unpaired) electrons. The number of hydrogen-bond acceptors (Lipinski definition) is 6. The Morgan fingerprint density at radius 2 is 1.97 bits per heavy atom. The van der Waals surface area contributed by atoms with E-state index < -0.39 is 6.10 Å². The SMILES string of the molecule is C[C@H]1CN(CNC(=O)C2CC(O)C2)C(=O)c2cc(-c3ccc(C#N)cc3NC(=O)C3CC3)nn21. The third-order valence-electron chi connectivity index (χ3n) is 6.70. The highest BCUT2D eigenvalue weighted by molar-refractivity contribution is 5.99. The average Bonchev–Trinajstić information content (AvgIpc) is 3.56. The zero-order valence-electron chi connectivity index (χ0n) is 18.8. The van der Waals surface area contributed by atoms with E-state index in [2.05, 4.69) is 21.8 Å². The van der Waals surface area contributed by atoms with Crippen LogP contribution < -0.4 is 10.6 Å². The van der Waals surface area contributed by atoms with Gasteiger partial charge in [0.25, 0.3) is 5.91 Å². The summed E-state index contributed by atoms with van der Waals surface area (Å²) in [6.07, 6.45) is 2.21. The molecule has 0 unspecified atom stereocenters. The van der Waals surface area contributed by atoms with Gasteiger partial charge in [0, 0.05) is 23.9 Å². The fourth-order valence-electron chi connectivity index (χ4n) is 4.44. The van der Waals surface area contributed by atoms with Crippen molar-refractivity contribution in [2.24, 2.45) is 11.8 Å². The number of amides is 3. The normalized spacial score (nSPS) is 23.5. The first-order chi connectivity index (χ1) is 16.3. The second-order valence-corrected chi connectivity index (χ2v) is 9.39. The first-order valence-corrected chi connectivity index (χ1v) is 11.5. The first-order valence-electron chi connectivity index (χ1n) is 11.5. The molecule has 34 heavy (non-hydrogen) atoms. The number of nitriles is 1. The highest BCUT2D eigenvalue weighted by atomic mass is 16.3. The van der Waals surface area contributed by atoms with Crippen LogP contribution in [0.15, 0.2) is 24.3 Å². The number of aromatic nitrogens is 2. The lowest BCUT2D eigenvalue weighted by Crippen LogP contribution is -2.50. The predicted molar refractivity (Wildman–Crippen MR) is 121 cm³/mol. The predicted octanol–water partition coefficient (Wildman–Crippen LogP) is 1.63. The van der Waals surface area contributed by atoms with Gasteiger partial charge in [0.1, 0.15) is 5.69 Å². The minimum atomic E-state index is -0.415. The summed E-state index contributed by atoms with van der Waals surface area (Å²) in [6, 6.07) is 8.67. The molecule has 3 aliphatic rings. The van der Waals surface area contributed by atoms with E-state index in [4.69, 9.17) is 0 Å². The lowest BCUT2D eigenvalue weighted by Gasteiger charge is -2.34. The molecule has 2 aromatic rings. The molecule has 2 saturated carbocycles. The lowest BCUT2D eigenvalue weighted by molar-refractivity contribution is -0.132. The van der Waals surface area contributed by atoms with Gasteiger partial charge in [0.05, 0.1) is 41.8 Å². The Balaban J connectivity index is 1.37. The maximum atomic E-state index is 13.1. The highest BCUT2D eigenvalue weighted by Crippen LogP contribution is 2.35. The van der Waals surface area contributed by atoms with Gasteiger partial charge in [0.15, 0.2) is 0 Å². The second kappa shape index (κ2) is 8.57. The molecule has 1 aliphatic heterocycles. The van der Waals surface area contributed by atoms with E-state index >= 15 is 0 Å². The Morgan fingerprint density at radius 3 is 2.65 bits per heavy atom. The number of carbonyl (C=O) groups is 3. The van der Waals surface area contributed by atoms with Crippen LogP contribution in [-0.2, 0) is 9.59 Å². The number of aliphatic hydroxyl groups is 1. The van der Waals surface area contributed by atoms with Gasteiger partial charge >= 0.3 is 0 Å². The van der Waals surface area contributed by atoms with Crippen LogP contribution in [0.2, 0.25) is 0 Å². The minimum Gasteiger partial charge on any atom is -0.393 e. The minimum absolute atomic E-state index is 0.00219. The molecule has 2 aliphatic carbocycles. The summed E-state index contributed by atoms with van der Waals surface area (Å²) < 4.78 is 1.67. The van der Waals surface area contributed by atoms with Crippen LogP contribution in [0.1, 0.15) is 54.7 Å². The van der Waals surface area contributed by atoms with E-state index in [0.29, 0.717) is 47.6 Å². The maximum Gasteiger partial charge on any atom is 0.273 e. The van der Waals surface area contributed by atoms with Crippen molar-refractivity contribution in [3.05, 3.63) is 35.5 Å². The van der Waals surface area contributed by atoms with Crippen molar-refractivity contribution >= 4 is 23.4 Å². The van der Waals surface area contributed by atoms with Crippen LogP contribution in [0.25, 0.3) is 11.3 Å². The number of aliphatic hydroxyl groups excluding tert-OH is 1. The maximum absolute atomic E-state index is 13.1. The second-order valence-electron chi connectivity index (χ2n) is 9.39. The number of hydrogen-bond donors (Lipinski definition) is 3. The van der Waals surface area contributed by atoms with Gasteiger partial charge in [-0.15, -0.1) is 0 Å². The van der Waals surface area contributed by atoms with E-state index in [1.807, 2.05) is 6.92 Å². The third-order valence-corrected chi connectivity index (χ3v) is 6.70. The summed E-state index contributed by atoms with van der Waals surface area (Å²) in [7, 11) is 0. The Kier molecular flexibility index (Phi) is 5.57.